The van der Waals surface area contributed by atoms with Crippen LogP contribution in [0.25, 0.3) is 0 Å². The van der Waals surface area contributed by atoms with Gasteiger partial charge in [0, 0.05) is 6.42 Å². The van der Waals surface area contributed by atoms with E-state index in [9.17, 15) is 4.79 Å². The fourth-order valence-electron chi connectivity index (χ4n) is 0.810. The Labute approximate surface area is 79.3 Å². The van der Waals surface area contributed by atoms with Crippen molar-refractivity contribution in [2.45, 2.75) is 26.2 Å². The van der Waals surface area contributed by atoms with E-state index in [-0.39, 0.29) is 6.42 Å². The first kappa shape index (κ1) is 11.7. The summed E-state index contributed by atoms with van der Waals surface area (Å²) in [4.78, 5) is 10.2. The molecule has 0 saturated carbocycles. The molecule has 0 bridgehead atoms. The molecule has 1 N–H and O–H groups in total. The van der Waals surface area contributed by atoms with E-state index in [0.717, 1.165) is 17.6 Å². The van der Waals surface area contributed by atoms with Gasteiger partial charge in [-0.2, -0.15) is 0 Å². The summed E-state index contributed by atoms with van der Waals surface area (Å²) in [5, 5.41) is 8.38. The molecule has 0 aromatic carbocycles. The van der Waals surface area contributed by atoms with E-state index in [2.05, 4.69) is 13.2 Å². The third-order valence-electron chi connectivity index (χ3n) is 1.49. The second-order valence-electron chi connectivity index (χ2n) is 3.09. The molecule has 0 aliphatic carbocycles. The summed E-state index contributed by atoms with van der Waals surface area (Å²) in [6.07, 6.45) is 5.35. The zero-order valence-electron chi connectivity index (χ0n) is 8.05. The summed E-state index contributed by atoms with van der Waals surface area (Å²) in [7, 11) is 0. The fraction of sp³-hybridized carbons (Fsp3) is 0.364. The van der Waals surface area contributed by atoms with E-state index >= 15 is 0 Å². The predicted octanol–water partition coefficient (Wildman–Crippen LogP) is 2.93. The molecule has 0 aromatic rings. The maximum Gasteiger partial charge on any atom is 0.303 e. The highest BCUT2D eigenvalue weighted by atomic mass is 16.4. The predicted molar refractivity (Wildman–Crippen MR) is 54.6 cm³/mol. The summed E-state index contributed by atoms with van der Waals surface area (Å²) in [6, 6.07) is 0. The Morgan fingerprint density at radius 3 is 2.38 bits per heavy atom. The van der Waals surface area contributed by atoms with Gasteiger partial charge >= 0.3 is 5.97 Å². The van der Waals surface area contributed by atoms with Gasteiger partial charge in [0.25, 0.3) is 0 Å². The molecule has 2 nitrogen and oxygen atoms in total. The molecule has 0 rings (SSSR count). The lowest BCUT2D eigenvalue weighted by atomic mass is 10.1. The zero-order chi connectivity index (χ0) is 10.3. The highest BCUT2D eigenvalue weighted by Crippen LogP contribution is 2.07. The van der Waals surface area contributed by atoms with Crippen molar-refractivity contribution >= 4 is 5.97 Å². The van der Waals surface area contributed by atoms with Gasteiger partial charge in [0.15, 0.2) is 0 Å². The highest BCUT2D eigenvalue weighted by molar-refractivity contribution is 5.66. The Kier molecular flexibility index (Phi) is 5.60. The Morgan fingerprint density at radius 1 is 1.31 bits per heavy atom. The summed E-state index contributed by atoms with van der Waals surface area (Å²) in [5.74, 6) is -0.753. The van der Waals surface area contributed by atoms with Gasteiger partial charge in [0.1, 0.15) is 0 Å². The summed E-state index contributed by atoms with van der Waals surface area (Å²) in [6.45, 7) is 9.42. The number of carboxylic acid groups (broad SMARTS) is 1. The van der Waals surface area contributed by atoms with Gasteiger partial charge in [-0.1, -0.05) is 36.5 Å². The second-order valence-corrected chi connectivity index (χ2v) is 3.09. The number of rotatable bonds is 6. The first-order chi connectivity index (χ1) is 6.02. The van der Waals surface area contributed by atoms with E-state index in [0.29, 0.717) is 6.42 Å². The van der Waals surface area contributed by atoms with Crippen LogP contribution in [0.3, 0.4) is 0 Å². The number of carboxylic acids is 1. The number of allylic oxidation sites excluding steroid dienone is 4. The maximum atomic E-state index is 10.2. The van der Waals surface area contributed by atoms with Gasteiger partial charge in [0.2, 0.25) is 0 Å². The Morgan fingerprint density at radius 2 is 1.92 bits per heavy atom. The average molecular weight is 180 g/mol. The standard InChI is InChI=1S/C11H16O2/c1-9(2)7-8-10(3)5-4-6-11(12)13/h7-8H,1,3-6H2,2H3,(H,12,13)/b8-7-. The Balaban J connectivity index is 3.64. The first-order valence-electron chi connectivity index (χ1n) is 4.25. The molecule has 2 heteroatoms. The maximum absolute atomic E-state index is 10.2. The number of aliphatic carboxylic acids is 1. The van der Waals surface area contributed by atoms with Gasteiger partial charge in [-0.25, -0.2) is 0 Å². The summed E-state index contributed by atoms with van der Waals surface area (Å²) in [5.41, 5.74) is 1.92. The normalized spacial score (nSPS) is 10.2. The van der Waals surface area contributed by atoms with Gasteiger partial charge in [-0.15, -0.1) is 0 Å². The molecule has 0 aliphatic rings. The molecule has 0 atom stereocenters. The van der Waals surface area contributed by atoms with Crippen LogP contribution in [0.1, 0.15) is 26.2 Å². The van der Waals surface area contributed by atoms with Crippen LogP contribution in [0.15, 0.2) is 36.5 Å². The minimum atomic E-state index is -0.753. The molecule has 0 heterocycles. The zero-order valence-corrected chi connectivity index (χ0v) is 8.05. The van der Waals surface area contributed by atoms with E-state index in [1.165, 1.54) is 0 Å². The van der Waals surface area contributed by atoms with E-state index in [4.69, 9.17) is 5.11 Å². The molecule has 0 radical (unpaired) electrons. The monoisotopic (exact) mass is 180 g/mol. The molecule has 0 spiro atoms. The van der Waals surface area contributed by atoms with E-state index < -0.39 is 5.97 Å². The topological polar surface area (TPSA) is 37.3 Å². The second kappa shape index (κ2) is 6.23. The fourth-order valence-corrected chi connectivity index (χ4v) is 0.810. The van der Waals surface area contributed by atoms with Crippen molar-refractivity contribution in [2.75, 3.05) is 0 Å². The van der Waals surface area contributed by atoms with Crippen molar-refractivity contribution in [3.8, 4) is 0 Å². The largest absolute Gasteiger partial charge is 0.481 e. The van der Waals surface area contributed by atoms with Gasteiger partial charge in [0.05, 0.1) is 0 Å². The molecule has 0 aromatic heterocycles. The van der Waals surface area contributed by atoms with E-state index in [1.54, 1.807) is 0 Å². The number of hydrogen-bond acceptors (Lipinski definition) is 1. The van der Waals surface area contributed by atoms with Crippen LogP contribution in [-0.4, -0.2) is 11.1 Å². The van der Waals surface area contributed by atoms with Crippen molar-refractivity contribution in [1.82, 2.24) is 0 Å². The van der Waals surface area contributed by atoms with E-state index in [1.807, 2.05) is 19.1 Å². The number of hydrogen-bond donors (Lipinski definition) is 1. The lowest BCUT2D eigenvalue weighted by Gasteiger charge is -1.97. The van der Waals surface area contributed by atoms with Crippen LogP contribution in [0.5, 0.6) is 0 Å². The molecular formula is C11H16O2. The van der Waals surface area contributed by atoms with Crippen molar-refractivity contribution < 1.29 is 9.90 Å². The molecular weight excluding hydrogens is 164 g/mol. The Bertz CT molecular complexity index is 236. The minimum Gasteiger partial charge on any atom is -0.481 e. The van der Waals surface area contributed by atoms with Crippen LogP contribution >= 0.6 is 0 Å². The van der Waals surface area contributed by atoms with Crippen LogP contribution in [0.4, 0.5) is 0 Å². The van der Waals surface area contributed by atoms with Crippen LogP contribution < -0.4 is 0 Å². The molecule has 0 fully saturated rings. The molecule has 0 amide bonds. The minimum absolute atomic E-state index is 0.208. The van der Waals surface area contributed by atoms with Crippen molar-refractivity contribution in [1.29, 1.82) is 0 Å². The van der Waals surface area contributed by atoms with Gasteiger partial charge in [-0.3, -0.25) is 4.79 Å². The third-order valence-corrected chi connectivity index (χ3v) is 1.49. The average Bonchev–Trinajstić information content (AvgIpc) is 2.00. The van der Waals surface area contributed by atoms with Crippen LogP contribution in [-0.2, 0) is 4.79 Å². The summed E-state index contributed by atoms with van der Waals surface area (Å²) < 4.78 is 0. The highest BCUT2D eigenvalue weighted by Gasteiger charge is 1.96. The molecule has 0 unspecified atom stereocenters. The summed E-state index contributed by atoms with van der Waals surface area (Å²) >= 11 is 0. The van der Waals surface area contributed by atoms with Crippen molar-refractivity contribution in [3.63, 3.8) is 0 Å². The smallest absolute Gasteiger partial charge is 0.303 e. The lowest BCUT2D eigenvalue weighted by Crippen LogP contribution is -1.93. The number of carbonyl (C=O) groups is 1. The molecule has 0 aliphatic heterocycles. The van der Waals surface area contributed by atoms with Crippen molar-refractivity contribution in [2.24, 2.45) is 0 Å². The van der Waals surface area contributed by atoms with Gasteiger partial charge < -0.3 is 5.11 Å². The lowest BCUT2D eigenvalue weighted by molar-refractivity contribution is -0.137. The van der Waals surface area contributed by atoms with Crippen molar-refractivity contribution in [3.05, 3.63) is 36.5 Å². The molecule has 72 valence electrons. The van der Waals surface area contributed by atoms with Crippen LogP contribution in [0, 0.1) is 0 Å². The first-order valence-corrected chi connectivity index (χ1v) is 4.25. The molecule has 13 heavy (non-hydrogen) atoms. The third kappa shape index (κ3) is 8.60. The van der Waals surface area contributed by atoms with Crippen LogP contribution in [0.2, 0.25) is 0 Å². The quantitative estimate of drug-likeness (QED) is 0.638. The Hall–Kier alpha value is -1.31. The molecule has 0 saturated heterocycles. The SMILES string of the molecule is C=C(C)/C=C\C(=C)CCCC(=O)O. The van der Waals surface area contributed by atoms with Gasteiger partial charge in [-0.05, 0) is 19.8 Å².